The van der Waals surface area contributed by atoms with E-state index in [0.717, 1.165) is 11.3 Å². The van der Waals surface area contributed by atoms with Crippen molar-refractivity contribution >= 4 is 5.69 Å². The highest BCUT2D eigenvalue weighted by molar-refractivity contribution is 5.39. The highest BCUT2D eigenvalue weighted by Crippen LogP contribution is 2.17. The topological polar surface area (TPSA) is 81.0 Å². The molecule has 6 nitrogen and oxygen atoms in total. The van der Waals surface area contributed by atoms with Gasteiger partial charge in [-0.25, -0.2) is 0 Å². The van der Waals surface area contributed by atoms with Crippen LogP contribution in [0.4, 0.5) is 5.69 Å². The number of nitrogens with one attached hydrogen (secondary N) is 1. The van der Waals surface area contributed by atoms with Crippen molar-refractivity contribution in [2.45, 2.75) is 13.0 Å². The van der Waals surface area contributed by atoms with Gasteiger partial charge in [-0.1, -0.05) is 18.2 Å². The molecule has 0 aliphatic rings. The van der Waals surface area contributed by atoms with Crippen molar-refractivity contribution in [2.75, 3.05) is 6.54 Å². The fourth-order valence-corrected chi connectivity index (χ4v) is 1.77. The third kappa shape index (κ3) is 3.82. The first-order chi connectivity index (χ1) is 9.27. The molecule has 0 bridgehead atoms. The lowest BCUT2D eigenvalue weighted by molar-refractivity contribution is -0.385. The second-order valence-electron chi connectivity index (χ2n) is 4.03. The van der Waals surface area contributed by atoms with E-state index in [9.17, 15) is 10.1 Å². The lowest BCUT2D eigenvalue weighted by Crippen LogP contribution is -2.18. The van der Waals surface area contributed by atoms with E-state index in [2.05, 4.69) is 15.5 Å². The summed E-state index contributed by atoms with van der Waals surface area (Å²) in [5.41, 5.74) is 1.76. The first kappa shape index (κ1) is 13.1. The molecular weight excluding hydrogens is 244 g/mol. The average molecular weight is 258 g/mol. The predicted octanol–water partition coefficient (Wildman–Crippen LogP) is 1.72. The Morgan fingerprint density at radius 2 is 2.05 bits per heavy atom. The second-order valence-corrected chi connectivity index (χ2v) is 4.03. The molecule has 0 amide bonds. The van der Waals surface area contributed by atoms with Crippen molar-refractivity contribution in [1.82, 2.24) is 15.5 Å². The van der Waals surface area contributed by atoms with Gasteiger partial charge in [-0.3, -0.25) is 10.1 Å². The van der Waals surface area contributed by atoms with Crippen molar-refractivity contribution < 1.29 is 4.92 Å². The average Bonchev–Trinajstić information content (AvgIpc) is 2.45. The fourth-order valence-electron chi connectivity index (χ4n) is 1.77. The van der Waals surface area contributed by atoms with Gasteiger partial charge < -0.3 is 5.32 Å². The van der Waals surface area contributed by atoms with Crippen LogP contribution in [0.5, 0.6) is 0 Å². The van der Waals surface area contributed by atoms with Gasteiger partial charge in [-0.2, -0.15) is 10.2 Å². The molecule has 1 heterocycles. The van der Waals surface area contributed by atoms with Crippen molar-refractivity contribution in [3.8, 4) is 0 Å². The number of hydrogen-bond donors (Lipinski definition) is 1. The minimum atomic E-state index is -0.349. The maximum absolute atomic E-state index is 10.8. The van der Waals surface area contributed by atoms with Gasteiger partial charge >= 0.3 is 0 Å². The number of nitro groups is 1. The molecule has 0 atom stereocenters. The van der Waals surface area contributed by atoms with Crippen LogP contribution in [-0.4, -0.2) is 21.7 Å². The molecule has 0 unspecified atom stereocenters. The molecule has 2 rings (SSSR count). The Morgan fingerprint density at radius 3 is 2.79 bits per heavy atom. The van der Waals surface area contributed by atoms with Crippen LogP contribution in [0.2, 0.25) is 0 Å². The monoisotopic (exact) mass is 258 g/mol. The molecule has 0 radical (unpaired) electrons. The predicted molar refractivity (Wildman–Crippen MR) is 70.5 cm³/mol. The number of para-hydroxylation sites is 1. The van der Waals surface area contributed by atoms with Crippen LogP contribution < -0.4 is 5.32 Å². The summed E-state index contributed by atoms with van der Waals surface area (Å²) in [6.45, 7) is 1.26. The molecule has 0 saturated carbocycles. The van der Waals surface area contributed by atoms with Gasteiger partial charge in [0.25, 0.3) is 5.69 Å². The van der Waals surface area contributed by atoms with E-state index in [4.69, 9.17) is 0 Å². The van der Waals surface area contributed by atoms with E-state index in [1.165, 1.54) is 6.07 Å². The van der Waals surface area contributed by atoms with Crippen LogP contribution in [0.1, 0.15) is 11.3 Å². The van der Waals surface area contributed by atoms with Crippen LogP contribution in [-0.2, 0) is 13.0 Å². The number of hydrogen-bond acceptors (Lipinski definition) is 5. The van der Waals surface area contributed by atoms with E-state index in [-0.39, 0.29) is 10.6 Å². The molecule has 1 aromatic carbocycles. The Balaban J connectivity index is 1.85. The quantitative estimate of drug-likeness (QED) is 0.484. The Morgan fingerprint density at radius 1 is 1.21 bits per heavy atom. The van der Waals surface area contributed by atoms with E-state index in [1.54, 1.807) is 18.3 Å². The summed E-state index contributed by atoms with van der Waals surface area (Å²) in [6, 6.07) is 10.5. The molecule has 0 fully saturated rings. The summed E-state index contributed by atoms with van der Waals surface area (Å²) < 4.78 is 0. The van der Waals surface area contributed by atoms with Crippen molar-refractivity contribution in [3.05, 3.63) is 64.0 Å². The Bertz CT molecular complexity index is 545. The van der Waals surface area contributed by atoms with E-state index in [1.807, 2.05) is 18.2 Å². The van der Waals surface area contributed by atoms with E-state index in [0.29, 0.717) is 19.5 Å². The van der Waals surface area contributed by atoms with Gasteiger partial charge in [0.05, 0.1) is 10.6 Å². The standard InChI is InChI=1S/C13H14N4O2/c18-17(19)13-6-2-1-4-11(13)7-9-14-10-12-5-3-8-15-16-12/h1-6,8,14H,7,9-10H2. The summed E-state index contributed by atoms with van der Waals surface area (Å²) in [5, 5.41) is 21.8. The van der Waals surface area contributed by atoms with E-state index >= 15 is 0 Å². The van der Waals surface area contributed by atoms with Gasteiger partial charge in [0.2, 0.25) is 0 Å². The molecule has 19 heavy (non-hydrogen) atoms. The summed E-state index contributed by atoms with van der Waals surface area (Å²) >= 11 is 0. The van der Waals surface area contributed by atoms with Gasteiger partial charge in [0.15, 0.2) is 0 Å². The summed E-state index contributed by atoms with van der Waals surface area (Å²) in [4.78, 5) is 10.5. The third-order valence-electron chi connectivity index (χ3n) is 2.69. The normalized spacial score (nSPS) is 10.3. The van der Waals surface area contributed by atoms with Crippen LogP contribution in [0.3, 0.4) is 0 Å². The van der Waals surface area contributed by atoms with Gasteiger partial charge in [-0.15, -0.1) is 0 Å². The molecule has 0 saturated heterocycles. The summed E-state index contributed by atoms with van der Waals surface area (Å²) in [5.74, 6) is 0. The largest absolute Gasteiger partial charge is 0.311 e. The minimum absolute atomic E-state index is 0.170. The lowest BCUT2D eigenvalue weighted by atomic mass is 10.1. The van der Waals surface area contributed by atoms with Crippen LogP contribution in [0.25, 0.3) is 0 Å². The molecule has 1 N–H and O–H groups in total. The molecule has 6 heteroatoms. The highest BCUT2D eigenvalue weighted by atomic mass is 16.6. The SMILES string of the molecule is O=[N+]([O-])c1ccccc1CCNCc1cccnn1. The Hall–Kier alpha value is -2.34. The fraction of sp³-hybridized carbons (Fsp3) is 0.231. The number of nitrogens with zero attached hydrogens (tertiary/aromatic N) is 3. The third-order valence-corrected chi connectivity index (χ3v) is 2.69. The number of nitro benzene ring substituents is 1. The zero-order chi connectivity index (χ0) is 13.5. The van der Waals surface area contributed by atoms with Gasteiger partial charge in [-0.05, 0) is 25.1 Å². The van der Waals surface area contributed by atoms with Crippen LogP contribution in [0, 0.1) is 10.1 Å². The molecule has 0 aliphatic carbocycles. The van der Waals surface area contributed by atoms with Crippen molar-refractivity contribution in [1.29, 1.82) is 0 Å². The minimum Gasteiger partial charge on any atom is -0.311 e. The first-order valence-corrected chi connectivity index (χ1v) is 5.97. The van der Waals surface area contributed by atoms with Crippen LogP contribution >= 0.6 is 0 Å². The zero-order valence-corrected chi connectivity index (χ0v) is 10.3. The zero-order valence-electron chi connectivity index (χ0n) is 10.3. The van der Waals surface area contributed by atoms with Gasteiger partial charge in [0.1, 0.15) is 0 Å². The lowest BCUT2D eigenvalue weighted by Gasteiger charge is -2.04. The maximum Gasteiger partial charge on any atom is 0.272 e. The van der Waals surface area contributed by atoms with Crippen molar-refractivity contribution in [2.24, 2.45) is 0 Å². The molecule has 1 aromatic heterocycles. The second kappa shape index (κ2) is 6.55. The molecule has 98 valence electrons. The highest BCUT2D eigenvalue weighted by Gasteiger charge is 2.11. The smallest absolute Gasteiger partial charge is 0.272 e. The summed E-state index contributed by atoms with van der Waals surface area (Å²) in [6.07, 6.45) is 2.23. The number of aromatic nitrogens is 2. The molecule has 0 spiro atoms. The van der Waals surface area contributed by atoms with E-state index < -0.39 is 0 Å². The molecule has 0 aliphatic heterocycles. The molecular formula is C13H14N4O2. The van der Waals surface area contributed by atoms with Gasteiger partial charge in [0, 0.05) is 24.4 Å². The summed E-state index contributed by atoms with van der Waals surface area (Å²) in [7, 11) is 0. The van der Waals surface area contributed by atoms with Crippen molar-refractivity contribution in [3.63, 3.8) is 0 Å². The number of rotatable bonds is 6. The first-order valence-electron chi connectivity index (χ1n) is 5.97. The van der Waals surface area contributed by atoms with Crippen LogP contribution in [0.15, 0.2) is 42.6 Å². The maximum atomic E-state index is 10.8. The molecule has 2 aromatic rings. The Labute approximate surface area is 110 Å². The Kier molecular flexibility index (Phi) is 4.52. The number of benzene rings is 1.